The lowest BCUT2D eigenvalue weighted by atomic mass is 10.1. The van der Waals surface area contributed by atoms with E-state index in [9.17, 15) is 0 Å². The Hall–Kier alpha value is -0.310. The van der Waals surface area contributed by atoms with Crippen LogP contribution in [0.15, 0.2) is 22.7 Å². The van der Waals surface area contributed by atoms with E-state index in [2.05, 4.69) is 20.9 Å². The number of fused-ring (bicyclic) bond motifs is 1. The van der Waals surface area contributed by atoms with Gasteiger partial charge in [0.05, 0.1) is 15.0 Å². The van der Waals surface area contributed by atoms with Gasteiger partial charge in [0.2, 0.25) is 0 Å². The first-order chi connectivity index (χ1) is 6.61. The number of rotatable bonds is 0. The lowest BCUT2D eigenvalue weighted by Crippen LogP contribution is -1.87. The summed E-state index contributed by atoms with van der Waals surface area (Å²) >= 11 is 15.4. The zero-order valence-corrected chi connectivity index (χ0v) is 10.4. The molecule has 1 heterocycles. The predicted octanol–water partition coefficient (Wildman–Crippen LogP) is 4.61. The highest BCUT2D eigenvalue weighted by Gasteiger charge is 2.09. The van der Waals surface area contributed by atoms with Gasteiger partial charge in [-0.25, -0.2) is 4.98 Å². The van der Waals surface area contributed by atoms with Crippen LogP contribution < -0.4 is 0 Å². The number of nitrogens with zero attached hydrogens (tertiary/aromatic N) is 1. The number of aryl methyl sites for hydroxylation is 1. The first kappa shape index (κ1) is 10.2. The van der Waals surface area contributed by atoms with E-state index in [1.165, 1.54) is 0 Å². The van der Waals surface area contributed by atoms with Crippen LogP contribution in [0.2, 0.25) is 10.2 Å². The van der Waals surface area contributed by atoms with Gasteiger partial charge in [-0.15, -0.1) is 0 Å². The summed E-state index contributed by atoms with van der Waals surface area (Å²) in [4.78, 5) is 4.22. The maximum Gasteiger partial charge on any atom is 0.144 e. The molecule has 0 amide bonds. The normalized spacial score (nSPS) is 10.9. The molecule has 0 aliphatic rings. The minimum Gasteiger partial charge on any atom is -0.233 e. The van der Waals surface area contributed by atoms with E-state index in [1.54, 1.807) is 6.07 Å². The molecule has 0 N–H and O–H groups in total. The predicted molar refractivity (Wildman–Crippen MR) is 64.2 cm³/mol. The van der Waals surface area contributed by atoms with Gasteiger partial charge >= 0.3 is 0 Å². The molecule has 1 aromatic carbocycles. The Kier molecular flexibility index (Phi) is 2.69. The summed E-state index contributed by atoms with van der Waals surface area (Å²) in [6.07, 6.45) is 0. The van der Waals surface area contributed by atoms with Crippen LogP contribution in [-0.4, -0.2) is 4.98 Å². The average molecular weight is 291 g/mol. The molecule has 2 aromatic rings. The molecule has 72 valence electrons. The van der Waals surface area contributed by atoms with Gasteiger partial charge in [-0.1, -0.05) is 35.3 Å². The number of aromatic nitrogens is 1. The lowest BCUT2D eigenvalue weighted by Gasteiger charge is -2.06. The van der Waals surface area contributed by atoms with Crippen molar-refractivity contribution in [3.05, 3.63) is 38.4 Å². The average Bonchev–Trinajstić information content (AvgIpc) is 2.17. The monoisotopic (exact) mass is 289 g/mol. The molecule has 0 spiro atoms. The summed E-state index contributed by atoms with van der Waals surface area (Å²) in [6, 6.07) is 5.69. The largest absolute Gasteiger partial charge is 0.233 e. The van der Waals surface area contributed by atoms with Crippen LogP contribution in [0, 0.1) is 6.92 Å². The molecule has 0 saturated carbocycles. The standard InChI is InChI=1S/C10H6BrCl2N/c1-5-6-3-2-4-7(12)9(6)14-10(13)8(5)11/h2-4H,1H3. The van der Waals surface area contributed by atoms with Crippen molar-refractivity contribution in [3.63, 3.8) is 0 Å². The number of para-hydroxylation sites is 1. The summed E-state index contributed by atoms with van der Waals surface area (Å²) in [5.74, 6) is 0. The Morgan fingerprint density at radius 3 is 2.71 bits per heavy atom. The van der Waals surface area contributed by atoms with Crippen LogP contribution in [0.3, 0.4) is 0 Å². The Morgan fingerprint density at radius 2 is 2.00 bits per heavy atom. The van der Waals surface area contributed by atoms with Gasteiger partial charge in [0, 0.05) is 5.39 Å². The third kappa shape index (κ3) is 1.52. The summed E-state index contributed by atoms with van der Waals surface area (Å²) in [5.41, 5.74) is 1.81. The van der Waals surface area contributed by atoms with E-state index in [0.29, 0.717) is 10.2 Å². The zero-order chi connectivity index (χ0) is 10.3. The summed E-state index contributed by atoms with van der Waals surface area (Å²) in [5, 5.41) is 2.09. The third-order valence-electron chi connectivity index (χ3n) is 2.11. The van der Waals surface area contributed by atoms with Crippen molar-refractivity contribution in [1.82, 2.24) is 4.98 Å². The second-order valence-corrected chi connectivity index (χ2v) is 4.54. The molecular weight excluding hydrogens is 285 g/mol. The molecular formula is C10H6BrCl2N. The van der Waals surface area contributed by atoms with E-state index in [-0.39, 0.29) is 0 Å². The van der Waals surface area contributed by atoms with Crippen molar-refractivity contribution in [1.29, 1.82) is 0 Å². The fourth-order valence-electron chi connectivity index (χ4n) is 1.35. The minimum atomic E-state index is 0.447. The molecule has 0 radical (unpaired) electrons. The second kappa shape index (κ2) is 3.69. The molecule has 0 aliphatic heterocycles. The number of hydrogen-bond donors (Lipinski definition) is 0. The van der Waals surface area contributed by atoms with Gasteiger partial charge in [0.15, 0.2) is 0 Å². The van der Waals surface area contributed by atoms with Crippen molar-refractivity contribution in [2.75, 3.05) is 0 Å². The molecule has 2 rings (SSSR count). The van der Waals surface area contributed by atoms with Gasteiger partial charge in [0.25, 0.3) is 0 Å². The van der Waals surface area contributed by atoms with E-state index in [0.717, 1.165) is 20.9 Å². The fourth-order valence-corrected chi connectivity index (χ4v) is 2.10. The SMILES string of the molecule is Cc1c(Br)c(Cl)nc2c(Cl)cccc12. The van der Waals surface area contributed by atoms with Crippen LogP contribution in [-0.2, 0) is 0 Å². The van der Waals surface area contributed by atoms with E-state index < -0.39 is 0 Å². The van der Waals surface area contributed by atoms with Gasteiger partial charge in [-0.05, 0) is 34.5 Å². The van der Waals surface area contributed by atoms with Crippen LogP contribution in [0.4, 0.5) is 0 Å². The lowest BCUT2D eigenvalue weighted by molar-refractivity contribution is 1.34. The number of pyridine rings is 1. The van der Waals surface area contributed by atoms with Crippen molar-refractivity contribution >= 4 is 50.0 Å². The Bertz CT molecular complexity index is 511. The highest BCUT2D eigenvalue weighted by atomic mass is 79.9. The molecule has 4 heteroatoms. The maximum absolute atomic E-state index is 6.02. The number of benzene rings is 1. The Balaban J connectivity index is 2.98. The number of hydrogen-bond acceptors (Lipinski definition) is 1. The molecule has 1 nitrogen and oxygen atoms in total. The quantitative estimate of drug-likeness (QED) is 0.646. The molecule has 0 atom stereocenters. The topological polar surface area (TPSA) is 12.9 Å². The van der Waals surface area contributed by atoms with Crippen molar-refractivity contribution in [2.45, 2.75) is 6.92 Å². The van der Waals surface area contributed by atoms with Crippen molar-refractivity contribution in [2.24, 2.45) is 0 Å². The van der Waals surface area contributed by atoms with Gasteiger partial charge in [-0.3, -0.25) is 0 Å². The fraction of sp³-hybridized carbons (Fsp3) is 0.100. The molecule has 0 aliphatic carbocycles. The molecule has 0 unspecified atom stereocenters. The minimum absolute atomic E-state index is 0.447. The second-order valence-electron chi connectivity index (χ2n) is 2.98. The van der Waals surface area contributed by atoms with E-state index in [4.69, 9.17) is 23.2 Å². The highest BCUT2D eigenvalue weighted by molar-refractivity contribution is 9.10. The first-order valence-electron chi connectivity index (χ1n) is 4.01. The zero-order valence-electron chi connectivity index (χ0n) is 7.31. The van der Waals surface area contributed by atoms with E-state index in [1.807, 2.05) is 19.1 Å². The van der Waals surface area contributed by atoms with Gasteiger partial charge < -0.3 is 0 Å². The van der Waals surface area contributed by atoms with Crippen LogP contribution in [0.5, 0.6) is 0 Å². The first-order valence-corrected chi connectivity index (χ1v) is 5.56. The molecule has 0 fully saturated rings. The smallest absolute Gasteiger partial charge is 0.144 e. The van der Waals surface area contributed by atoms with Crippen LogP contribution in [0.25, 0.3) is 10.9 Å². The third-order valence-corrected chi connectivity index (χ3v) is 3.89. The molecule has 0 bridgehead atoms. The van der Waals surface area contributed by atoms with Gasteiger partial charge in [-0.2, -0.15) is 0 Å². The van der Waals surface area contributed by atoms with Gasteiger partial charge in [0.1, 0.15) is 5.15 Å². The van der Waals surface area contributed by atoms with Crippen molar-refractivity contribution in [3.8, 4) is 0 Å². The Morgan fingerprint density at radius 1 is 1.29 bits per heavy atom. The summed E-state index contributed by atoms with van der Waals surface area (Å²) in [6.45, 7) is 1.98. The Labute approximate surface area is 100 Å². The number of halogens is 3. The highest BCUT2D eigenvalue weighted by Crippen LogP contribution is 2.32. The van der Waals surface area contributed by atoms with Crippen LogP contribution >= 0.6 is 39.1 Å². The summed E-state index contributed by atoms with van der Waals surface area (Å²) < 4.78 is 0.828. The maximum atomic E-state index is 6.02. The molecule has 0 saturated heterocycles. The van der Waals surface area contributed by atoms with E-state index >= 15 is 0 Å². The molecule has 14 heavy (non-hydrogen) atoms. The van der Waals surface area contributed by atoms with Crippen LogP contribution in [0.1, 0.15) is 5.56 Å². The summed E-state index contributed by atoms with van der Waals surface area (Å²) in [7, 11) is 0. The molecule has 1 aromatic heterocycles. The van der Waals surface area contributed by atoms with Crippen molar-refractivity contribution < 1.29 is 0 Å².